The van der Waals surface area contributed by atoms with Crippen LogP contribution in [0.15, 0.2) is 24.5 Å². The molecule has 60 heavy (non-hydrogen) atoms. The third kappa shape index (κ3) is 6.49. The number of hydrogen-bond acceptors (Lipinski definition) is 3. The number of nitrogens with one attached hydrogen (secondary N) is 1. The highest BCUT2D eigenvalue weighted by atomic mass is 19.2. The summed E-state index contributed by atoms with van der Waals surface area (Å²) in [6.07, 6.45) is 3.75. The van der Waals surface area contributed by atoms with Crippen molar-refractivity contribution in [1.29, 1.82) is 0 Å². The summed E-state index contributed by atoms with van der Waals surface area (Å²) in [6.45, 7) is 1.33. The largest absolute Gasteiger partial charge is 0.864 e. The van der Waals surface area contributed by atoms with Gasteiger partial charge in [-0.2, -0.15) is 0 Å². The van der Waals surface area contributed by atoms with Gasteiger partial charge in [0, 0.05) is 29.1 Å². The Bertz CT molecular complexity index is 2610. The molecule has 0 saturated carbocycles. The van der Waals surface area contributed by atoms with Crippen LogP contribution in [-0.4, -0.2) is 12.3 Å². The summed E-state index contributed by atoms with van der Waals surface area (Å²) in [5, 5.41) is -11.9. The molecule has 0 aliphatic heterocycles. The highest BCUT2D eigenvalue weighted by Gasteiger charge is 2.41. The molecule has 0 spiro atoms. The Morgan fingerprint density at radius 1 is 0.300 bits per heavy atom. The lowest BCUT2D eigenvalue weighted by Gasteiger charge is -2.24. The molecular formula is C37H14BF18NO3. The zero-order chi connectivity index (χ0) is 44.6. The second-order valence-electron chi connectivity index (χ2n) is 12.3. The third-order valence-corrected chi connectivity index (χ3v) is 8.87. The Balaban J connectivity index is 0.00000112. The molecule has 1 N–H and O–H groups in total. The molecule has 6 aromatic carbocycles. The molecule has 1 heterocycles. The van der Waals surface area contributed by atoms with Gasteiger partial charge in [-0.25, -0.2) is 79.0 Å². The lowest BCUT2D eigenvalue weighted by Crippen LogP contribution is -2.38. The molecule has 0 aliphatic carbocycles. The fraction of sp³-hybridized carbons (Fsp3) is 0.0811. The molecule has 4 nitrogen and oxygen atoms in total. The molecule has 7 aromatic rings. The van der Waals surface area contributed by atoms with Crippen LogP contribution in [0.2, 0.25) is 0 Å². The van der Waals surface area contributed by atoms with Gasteiger partial charge >= 0.3 is 7.32 Å². The number of fused-ring (bicyclic) bond motifs is 3. The normalized spacial score (nSPS) is 11.4. The van der Waals surface area contributed by atoms with Crippen molar-refractivity contribution in [1.82, 2.24) is 4.98 Å². The summed E-state index contributed by atoms with van der Waals surface area (Å²) in [4.78, 5) is 2.86. The number of benzene rings is 6. The second kappa shape index (κ2) is 15.6. The van der Waals surface area contributed by atoms with E-state index >= 15 is 26.3 Å². The van der Waals surface area contributed by atoms with E-state index in [1.54, 1.807) is 0 Å². The first kappa shape index (κ1) is 43.2. The molecule has 314 valence electrons. The summed E-state index contributed by atoms with van der Waals surface area (Å²) in [6, 6.07) is 3.89. The van der Waals surface area contributed by atoms with Crippen LogP contribution in [0.4, 0.5) is 79.0 Å². The Kier molecular flexibility index (Phi) is 11.3. The molecule has 0 bridgehead atoms. The summed E-state index contributed by atoms with van der Waals surface area (Å²) < 4.78 is 281. The molecule has 1 aromatic heterocycles. The predicted molar refractivity (Wildman–Crippen MR) is 174 cm³/mol. The van der Waals surface area contributed by atoms with Gasteiger partial charge in [-0.15, -0.1) is 0 Å². The number of rotatable bonds is 6. The topological polar surface area (TPSA) is 43.5 Å². The highest BCUT2D eigenvalue weighted by Crippen LogP contribution is 2.44. The second-order valence-corrected chi connectivity index (χ2v) is 12.3. The number of aromatic amines is 1. The monoisotopic (exact) mass is 873 g/mol. The van der Waals surface area contributed by atoms with Gasteiger partial charge in [0.1, 0.15) is 17.2 Å². The van der Waals surface area contributed by atoms with Crippen LogP contribution in [0.5, 0.6) is 17.2 Å². The average molecular weight is 873 g/mol. The van der Waals surface area contributed by atoms with Gasteiger partial charge in [-0.3, -0.25) is 0 Å². The Hall–Kier alpha value is -6.42. The van der Waals surface area contributed by atoms with Crippen LogP contribution in [-0.2, 0) is 0 Å². The van der Waals surface area contributed by atoms with E-state index in [4.69, 9.17) is 14.0 Å². The highest BCUT2D eigenvalue weighted by molar-refractivity contribution is 6.40. The lowest BCUT2D eigenvalue weighted by molar-refractivity contribution is 0.303. The van der Waals surface area contributed by atoms with Crippen LogP contribution in [0.3, 0.4) is 0 Å². The minimum Gasteiger partial charge on any atom is -0.489 e. The van der Waals surface area contributed by atoms with Crippen molar-refractivity contribution in [2.75, 3.05) is 0 Å². The van der Waals surface area contributed by atoms with Gasteiger partial charge in [-0.05, 0) is 32.9 Å². The Morgan fingerprint density at radius 3 is 0.700 bits per heavy atom. The van der Waals surface area contributed by atoms with E-state index in [0.717, 1.165) is 0 Å². The fourth-order valence-corrected chi connectivity index (χ4v) is 5.92. The molecule has 0 atom stereocenters. The number of halogens is 18. The van der Waals surface area contributed by atoms with E-state index in [9.17, 15) is 52.7 Å². The predicted octanol–water partition coefficient (Wildman–Crippen LogP) is 12.1. The first-order chi connectivity index (χ1) is 28.1. The molecule has 0 saturated heterocycles. The molecule has 0 amide bonds. The maximum Gasteiger partial charge on any atom is 0.864 e. The van der Waals surface area contributed by atoms with Crippen LogP contribution in [0.1, 0.15) is 16.7 Å². The van der Waals surface area contributed by atoms with Crippen LogP contribution in [0, 0.1) is 125 Å². The zero-order valence-corrected chi connectivity index (χ0v) is 29.4. The van der Waals surface area contributed by atoms with Crippen molar-refractivity contribution in [3.63, 3.8) is 0 Å². The van der Waals surface area contributed by atoms with Crippen molar-refractivity contribution >= 4 is 39.6 Å². The fourth-order valence-electron chi connectivity index (χ4n) is 5.92. The van der Waals surface area contributed by atoms with Crippen molar-refractivity contribution in [2.45, 2.75) is 20.8 Å². The van der Waals surface area contributed by atoms with E-state index in [1.165, 1.54) is 0 Å². The summed E-state index contributed by atoms with van der Waals surface area (Å²) in [7, 11) is -3.48. The van der Waals surface area contributed by atoms with E-state index < -0.39 is 178 Å². The van der Waals surface area contributed by atoms with Gasteiger partial charge in [0.15, 0.2) is 105 Å². The SMILES string of the molecule is Cc1c(F)c(F)c2c(F)c(F)c(F)c(F)c2c1OB(Oc1c(C)c(F)c(F)c2c(F)c(F)c(F)c(F)c12)Oc1c(C)c(F)c(F)c2c(F)c(F)c(F)c(F)c12.c1cc[nH]c1. The van der Waals surface area contributed by atoms with E-state index in [2.05, 4.69) is 4.98 Å². The van der Waals surface area contributed by atoms with Crippen molar-refractivity contribution in [2.24, 2.45) is 0 Å². The van der Waals surface area contributed by atoms with Crippen molar-refractivity contribution in [3.05, 3.63) is 146 Å². The van der Waals surface area contributed by atoms with E-state index in [-0.39, 0.29) is 0 Å². The first-order valence-corrected chi connectivity index (χ1v) is 16.0. The molecule has 0 radical (unpaired) electrons. The van der Waals surface area contributed by atoms with Crippen molar-refractivity contribution in [3.8, 4) is 17.2 Å². The number of H-pyrrole nitrogens is 1. The summed E-state index contributed by atoms with van der Waals surface area (Å²) in [5.41, 5.74) is -4.16. The lowest BCUT2D eigenvalue weighted by atomic mass is 9.99. The minimum atomic E-state index is -3.48. The molecule has 0 unspecified atom stereocenters. The van der Waals surface area contributed by atoms with Crippen LogP contribution < -0.4 is 14.0 Å². The first-order valence-electron chi connectivity index (χ1n) is 16.0. The quantitative estimate of drug-likeness (QED) is 0.0783. The van der Waals surface area contributed by atoms with E-state index in [1.807, 2.05) is 24.5 Å². The molecule has 23 heteroatoms. The van der Waals surface area contributed by atoms with Crippen LogP contribution in [0.25, 0.3) is 32.3 Å². The zero-order valence-electron chi connectivity index (χ0n) is 29.4. The van der Waals surface area contributed by atoms with Gasteiger partial charge in [0.2, 0.25) is 0 Å². The maximum absolute atomic E-state index is 15.2. The van der Waals surface area contributed by atoms with Gasteiger partial charge in [0.25, 0.3) is 0 Å². The Labute approximate surface area is 321 Å². The molecule has 7 rings (SSSR count). The van der Waals surface area contributed by atoms with Gasteiger partial charge in [-0.1, -0.05) is 0 Å². The summed E-state index contributed by atoms with van der Waals surface area (Å²) in [5.74, 6) is -51.2. The Morgan fingerprint density at radius 2 is 0.500 bits per heavy atom. The molecule has 0 aliphatic rings. The standard InChI is InChI=1S/C33H9BF18O3.C4H5N/c1-4-13(35)16(38)7-10(22(44)28(50)25(47)19(7)41)31(4)53-34(54-32-5(2)14(36)17(39)8-11(32)23(45)29(51)26(48)20(8)42)55-33-6(3)15(37)18(40)9-12(33)24(46)30(52)27(49)21(9)43;1-2-4-5-3-1/h1-3H3;1-5H. The minimum absolute atomic E-state index is 0.444. The van der Waals surface area contributed by atoms with Gasteiger partial charge < -0.3 is 18.9 Å². The van der Waals surface area contributed by atoms with Gasteiger partial charge in [0.05, 0.1) is 32.3 Å². The summed E-state index contributed by atoms with van der Waals surface area (Å²) >= 11 is 0. The third-order valence-electron chi connectivity index (χ3n) is 8.87. The molecular weight excluding hydrogens is 859 g/mol. The number of hydrogen-bond donors (Lipinski definition) is 1. The number of aromatic nitrogens is 1. The van der Waals surface area contributed by atoms with Crippen molar-refractivity contribution < 1.29 is 93.0 Å². The van der Waals surface area contributed by atoms with Crippen LogP contribution >= 0.6 is 0 Å². The average Bonchev–Trinajstić information content (AvgIpc) is 3.82. The molecule has 0 fully saturated rings. The van der Waals surface area contributed by atoms with E-state index in [0.29, 0.717) is 20.8 Å². The maximum atomic E-state index is 15.2. The smallest absolute Gasteiger partial charge is 0.489 e.